The molecule has 0 radical (unpaired) electrons. The molecule has 0 unspecified atom stereocenters. The molecule has 0 bridgehead atoms. The van der Waals surface area contributed by atoms with Crippen molar-refractivity contribution in [2.75, 3.05) is 14.2 Å². The monoisotopic (exact) mass is 365 g/mol. The van der Waals surface area contributed by atoms with Gasteiger partial charge in [-0.05, 0) is 35.7 Å². The summed E-state index contributed by atoms with van der Waals surface area (Å²) in [5.74, 6) is 0.741. The Bertz CT molecular complexity index is 638. The van der Waals surface area contributed by atoms with Gasteiger partial charge in [0.25, 0.3) is 0 Å². The topological polar surface area (TPSA) is 29.5 Å². The molecule has 0 spiro atoms. The fraction of sp³-hybridized carbons (Fsp3) is 0.188. The van der Waals surface area contributed by atoms with E-state index in [9.17, 15) is 4.79 Å². The zero-order chi connectivity index (χ0) is 15.2. The molecule has 1 amide bonds. The zero-order valence-corrected chi connectivity index (χ0v) is 14.3. The van der Waals surface area contributed by atoms with Gasteiger partial charge in [-0.3, -0.25) is 4.79 Å². The molecule has 0 aliphatic heterocycles. The van der Waals surface area contributed by atoms with Crippen molar-refractivity contribution in [1.29, 1.82) is 0 Å². The molecule has 3 nitrogen and oxygen atoms in total. The predicted molar refractivity (Wildman–Crippen MR) is 90.5 cm³/mol. The summed E-state index contributed by atoms with van der Waals surface area (Å²) in [6, 6.07) is 9.71. The zero-order valence-electron chi connectivity index (χ0n) is 11.9. The molecule has 1 aromatic carbocycles. The Labute approximate surface area is 137 Å². The highest BCUT2D eigenvalue weighted by Crippen LogP contribution is 2.24. The van der Waals surface area contributed by atoms with Crippen LogP contribution in [0, 0.1) is 0 Å². The number of hydrogen-bond donors (Lipinski definition) is 0. The number of carbonyl (C=O) groups excluding carboxylic acids is 1. The lowest BCUT2D eigenvalue weighted by Gasteiger charge is -2.17. The van der Waals surface area contributed by atoms with E-state index in [1.54, 1.807) is 36.5 Å². The fourth-order valence-corrected chi connectivity index (χ4v) is 2.90. The first kappa shape index (κ1) is 15.8. The average Bonchev–Trinajstić information content (AvgIpc) is 2.98. The smallest absolute Gasteiger partial charge is 0.246 e. The van der Waals surface area contributed by atoms with Crippen molar-refractivity contribution in [2.45, 2.75) is 6.54 Å². The van der Waals surface area contributed by atoms with Crippen LogP contribution in [-0.4, -0.2) is 25.0 Å². The van der Waals surface area contributed by atoms with Crippen molar-refractivity contribution in [1.82, 2.24) is 4.90 Å². The molecular formula is C16H16BrNO2S. The first-order chi connectivity index (χ1) is 10.1. The summed E-state index contributed by atoms with van der Waals surface area (Å²) in [7, 11) is 3.41. The Morgan fingerprint density at radius 1 is 1.43 bits per heavy atom. The number of methoxy groups -OCH3 is 1. The number of amides is 1. The maximum absolute atomic E-state index is 12.1. The van der Waals surface area contributed by atoms with Crippen molar-refractivity contribution in [3.8, 4) is 5.75 Å². The summed E-state index contributed by atoms with van der Waals surface area (Å²) in [4.78, 5) is 14.8. The lowest BCUT2D eigenvalue weighted by molar-refractivity contribution is -0.125. The van der Waals surface area contributed by atoms with Crippen LogP contribution in [0.25, 0.3) is 6.08 Å². The molecule has 0 atom stereocenters. The molecule has 2 aromatic rings. The SMILES string of the molecule is COc1ccc(Br)cc1CN(C)C(=O)/C=C/c1cccs1. The third kappa shape index (κ3) is 4.44. The molecule has 0 aliphatic rings. The van der Waals surface area contributed by atoms with E-state index in [-0.39, 0.29) is 5.91 Å². The van der Waals surface area contributed by atoms with Crippen molar-refractivity contribution in [2.24, 2.45) is 0 Å². The van der Waals surface area contributed by atoms with Crippen molar-refractivity contribution >= 4 is 39.2 Å². The normalized spacial score (nSPS) is 10.8. The van der Waals surface area contributed by atoms with Gasteiger partial charge in [0.2, 0.25) is 5.91 Å². The van der Waals surface area contributed by atoms with Crippen LogP contribution < -0.4 is 4.74 Å². The molecule has 0 saturated heterocycles. The number of thiophene rings is 1. The maximum Gasteiger partial charge on any atom is 0.246 e. The Hall–Kier alpha value is -1.59. The van der Waals surface area contributed by atoms with E-state index in [1.165, 1.54) is 0 Å². The predicted octanol–water partition coefficient (Wildman–Crippen LogP) is 4.19. The number of benzene rings is 1. The number of hydrogen-bond acceptors (Lipinski definition) is 3. The van der Waals surface area contributed by atoms with Crippen LogP contribution in [0.4, 0.5) is 0 Å². The van der Waals surface area contributed by atoms with E-state index in [2.05, 4.69) is 15.9 Å². The number of ether oxygens (including phenoxy) is 1. The second-order valence-corrected chi connectivity index (χ2v) is 6.39. The molecule has 0 aliphatic carbocycles. The van der Waals surface area contributed by atoms with Crippen LogP contribution in [0.3, 0.4) is 0 Å². The van der Waals surface area contributed by atoms with Crippen LogP contribution in [0.1, 0.15) is 10.4 Å². The number of carbonyl (C=O) groups is 1. The quantitative estimate of drug-likeness (QED) is 0.743. The Kier molecular flexibility index (Phi) is 5.59. The van der Waals surface area contributed by atoms with Gasteiger partial charge < -0.3 is 9.64 Å². The first-order valence-electron chi connectivity index (χ1n) is 6.39. The second-order valence-electron chi connectivity index (χ2n) is 4.50. The Morgan fingerprint density at radius 2 is 2.24 bits per heavy atom. The van der Waals surface area contributed by atoms with Crippen molar-refractivity contribution in [3.63, 3.8) is 0 Å². The number of rotatable bonds is 5. The Morgan fingerprint density at radius 3 is 2.90 bits per heavy atom. The van der Waals surface area contributed by atoms with E-state index in [4.69, 9.17) is 4.74 Å². The summed E-state index contributed by atoms with van der Waals surface area (Å²) in [6.07, 6.45) is 3.43. The van der Waals surface area contributed by atoms with Crippen molar-refractivity contribution in [3.05, 3.63) is 56.7 Å². The molecule has 5 heteroatoms. The van der Waals surface area contributed by atoms with E-state index >= 15 is 0 Å². The van der Waals surface area contributed by atoms with E-state index in [0.717, 1.165) is 20.7 Å². The lowest BCUT2D eigenvalue weighted by atomic mass is 10.2. The highest BCUT2D eigenvalue weighted by Gasteiger charge is 2.10. The average molecular weight is 366 g/mol. The van der Waals surface area contributed by atoms with Gasteiger partial charge in [0, 0.05) is 34.6 Å². The van der Waals surface area contributed by atoms with Gasteiger partial charge in [-0.2, -0.15) is 0 Å². The summed E-state index contributed by atoms with van der Waals surface area (Å²) < 4.78 is 6.29. The van der Waals surface area contributed by atoms with Gasteiger partial charge in [0.15, 0.2) is 0 Å². The fourth-order valence-electron chi connectivity index (χ4n) is 1.87. The lowest BCUT2D eigenvalue weighted by Crippen LogP contribution is -2.24. The number of halogens is 1. The Balaban J connectivity index is 2.05. The van der Waals surface area contributed by atoms with Gasteiger partial charge in [-0.1, -0.05) is 22.0 Å². The molecular weight excluding hydrogens is 350 g/mol. The molecule has 110 valence electrons. The van der Waals surface area contributed by atoms with E-state index in [1.807, 2.05) is 41.8 Å². The van der Waals surface area contributed by atoms with Gasteiger partial charge in [0.1, 0.15) is 5.75 Å². The summed E-state index contributed by atoms with van der Waals surface area (Å²) in [5.41, 5.74) is 0.965. The minimum Gasteiger partial charge on any atom is -0.496 e. The number of nitrogens with zero attached hydrogens (tertiary/aromatic N) is 1. The van der Waals surface area contributed by atoms with E-state index in [0.29, 0.717) is 6.54 Å². The van der Waals surface area contributed by atoms with Gasteiger partial charge >= 0.3 is 0 Å². The largest absolute Gasteiger partial charge is 0.496 e. The molecule has 1 aromatic heterocycles. The maximum atomic E-state index is 12.1. The standard InChI is InChI=1S/C16H16BrNO2S/c1-18(16(19)8-6-14-4-3-9-21-14)11-12-10-13(17)5-7-15(12)20-2/h3-10H,11H2,1-2H3/b8-6+. The van der Waals surface area contributed by atoms with Gasteiger partial charge in [0.05, 0.1) is 7.11 Å². The minimum absolute atomic E-state index is 0.0366. The summed E-state index contributed by atoms with van der Waals surface area (Å²) in [6.45, 7) is 0.496. The van der Waals surface area contributed by atoms with Crippen LogP contribution in [-0.2, 0) is 11.3 Å². The molecule has 0 fully saturated rings. The second kappa shape index (κ2) is 7.43. The van der Waals surface area contributed by atoms with Crippen LogP contribution in [0.2, 0.25) is 0 Å². The highest BCUT2D eigenvalue weighted by atomic mass is 79.9. The minimum atomic E-state index is -0.0366. The first-order valence-corrected chi connectivity index (χ1v) is 8.06. The van der Waals surface area contributed by atoms with Crippen LogP contribution >= 0.6 is 27.3 Å². The summed E-state index contributed by atoms with van der Waals surface area (Å²) in [5, 5.41) is 1.99. The van der Waals surface area contributed by atoms with Crippen LogP contribution in [0.15, 0.2) is 46.3 Å². The molecule has 0 saturated carbocycles. The summed E-state index contributed by atoms with van der Waals surface area (Å²) >= 11 is 5.04. The molecule has 21 heavy (non-hydrogen) atoms. The van der Waals surface area contributed by atoms with Gasteiger partial charge in [-0.15, -0.1) is 11.3 Å². The number of likely N-dealkylation sites (N-methyl/N-ethyl adjacent to an activating group) is 1. The molecule has 1 heterocycles. The molecule has 0 N–H and O–H groups in total. The van der Waals surface area contributed by atoms with Gasteiger partial charge in [-0.25, -0.2) is 0 Å². The van der Waals surface area contributed by atoms with Crippen LogP contribution in [0.5, 0.6) is 5.75 Å². The van der Waals surface area contributed by atoms with E-state index < -0.39 is 0 Å². The third-order valence-electron chi connectivity index (χ3n) is 2.96. The molecule has 2 rings (SSSR count). The highest BCUT2D eigenvalue weighted by molar-refractivity contribution is 9.10. The third-order valence-corrected chi connectivity index (χ3v) is 4.29. The van der Waals surface area contributed by atoms with Crippen molar-refractivity contribution < 1.29 is 9.53 Å².